The zero-order valence-corrected chi connectivity index (χ0v) is 11.9. The molecule has 20 heavy (non-hydrogen) atoms. The molecule has 6 heteroatoms. The molecule has 2 heterocycles. The number of methoxy groups -OCH3 is 1. The van der Waals surface area contributed by atoms with E-state index in [1.807, 2.05) is 0 Å². The topological polar surface area (TPSA) is 49.9 Å². The smallest absolute Gasteiger partial charge is 0.250 e. The lowest BCUT2D eigenvalue weighted by Crippen LogP contribution is -2.57. The fourth-order valence-corrected chi connectivity index (χ4v) is 3.06. The maximum absolute atomic E-state index is 12.5. The van der Waals surface area contributed by atoms with E-state index >= 15 is 0 Å². The highest BCUT2D eigenvalue weighted by Crippen LogP contribution is 2.34. The van der Waals surface area contributed by atoms with Crippen LogP contribution in [-0.2, 0) is 9.59 Å². The maximum Gasteiger partial charge on any atom is 0.250 e. The van der Waals surface area contributed by atoms with Crippen molar-refractivity contribution < 1.29 is 14.3 Å². The van der Waals surface area contributed by atoms with Gasteiger partial charge in [0, 0.05) is 12.6 Å². The van der Waals surface area contributed by atoms with Crippen molar-refractivity contribution in [1.82, 2.24) is 4.90 Å². The predicted molar refractivity (Wildman–Crippen MR) is 75.1 cm³/mol. The largest absolute Gasteiger partial charge is 0.497 e. The summed E-state index contributed by atoms with van der Waals surface area (Å²) in [6.07, 6.45) is 1.60. The minimum atomic E-state index is -0.335. The minimum absolute atomic E-state index is 0.0222. The van der Waals surface area contributed by atoms with Gasteiger partial charge in [0.2, 0.25) is 11.8 Å². The van der Waals surface area contributed by atoms with Gasteiger partial charge in [0.1, 0.15) is 18.3 Å². The van der Waals surface area contributed by atoms with Gasteiger partial charge in [-0.3, -0.25) is 14.5 Å². The average Bonchev–Trinajstić information content (AvgIpc) is 2.94. The Kier molecular flexibility index (Phi) is 3.30. The SMILES string of the molecule is COc1ccc(Cl)c(N2CC(=O)N3CCCC3C2=O)c1. The highest BCUT2D eigenvalue weighted by atomic mass is 35.5. The first kappa shape index (κ1) is 13.2. The molecule has 2 amide bonds. The van der Waals surface area contributed by atoms with Crippen LogP contribution in [0.1, 0.15) is 12.8 Å². The minimum Gasteiger partial charge on any atom is -0.497 e. The van der Waals surface area contributed by atoms with Gasteiger partial charge in [0.05, 0.1) is 17.8 Å². The molecule has 2 fully saturated rings. The van der Waals surface area contributed by atoms with Gasteiger partial charge in [-0.25, -0.2) is 0 Å². The summed E-state index contributed by atoms with van der Waals surface area (Å²) in [5.41, 5.74) is 0.538. The van der Waals surface area contributed by atoms with E-state index in [0.29, 0.717) is 23.0 Å². The van der Waals surface area contributed by atoms with E-state index in [1.165, 1.54) is 4.90 Å². The number of ether oxygens (including phenoxy) is 1. The van der Waals surface area contributed by atoms with E-state index < -0.39 is 0 Å². The van der Waals surface area contributed by atoms with Crippen LogP contribution in [-0.4, -0.2) is 43.0 Å². The van der Waals surface area contributed by atoms with Gasteiger partial charge in [0.25, 0.3) is 0 Å². The highest BCUT2D eigenvalue weighted by molar-refractivity contribution is 6.34. The Morgan fingerprint density at radius 2 is 2.15 bits per heavy atom. The third kappa shape index (κ3) is 2.02. The molecular weight excluding hydrogens is 280 g/mol. The Bertz CT molecular complexity index is 576. The molecule has 5 nitrogen and oxygen atoms in total. The Labute approximate surface area is 122 Å². The summed E-state index contributed by atoms with van der Waals surface area (Å²) in [4.78, 5) is 27.8. The Hall–Kier alpha value is -1.75. The summed E-state index contributed by atoms with van der Waals surface area (Å²) >= 11 is 6.17. The van der Waals surface area contributed by atoms with Crippen molar-refractivity contribution in [1.29, 1.82) is 0 Å². The molecule has 1 aromatic rings. The Morgan fingerprint density at radius 3 is 2.90 bits per heavy atom. The van der Waals surface area contributed by atoms with Crippen molar-refractivity contribution in [3.63, 3.8) is 0 Å². The fraction of sp³-hybridized carbons (Fsp3) is 0.429. The van der Waals surface area contributed by atoms with Crippen molar-refractivity contribution in [3.8, 4) is 5.75 Å². The number of hydrogen-bond acceptors (Lipinski definition) is 3. The molecule has 0 N–H and O–H groups in total. The predicted octanol–water partition coefficient (Wildman–Crippen LogP) is 1.69. The molecule has 0 spiro atoms. The molecule has 1 aromatic carbocycles. The second kappa shape index (κ2) is 4.98. The van der Waals surface area contributed by atoms with Crippen molar-refractivity contribution in [2.45, 2.75) is 18.9 Å². The molecule has 3 rings (SSSR count). The van der Waals surface area contributed by atoms with E-state index in [1.54, 1.807) is 30.2 Å². The third-order valence-electron chi connectivity index (χ3n) is 3.86. The zero-order valence-electron chi connectivity index (χ0n) is 11.1. The maximum atomic E-state index is 12.5. The number of carbonyl (C=O) groups excluding carboxylic acids is 2. The number of carbonyl (C=O) groups is 2. The second-order valence-corrected chi connectivity index (χ2v) is 5.39. The third-order valence-corrected chi connectivity index (χ3v) is 4.18. The highest BCUT2D eigenvalue weighted by Gasteiger charge is 2.42. The first-order chi connectivity index (χ1) is 9.61. The van der Waals surface area contributed by atoms with Crippen molar-refractivity contribution in [2.75, 3.05) is 25.1 Å². The van der Waals surface area contributed by atoms with E-state index in [4.69, 9.17) is 16.3 Å². The second-order valence-electron chi connectivity index (χ2n) is 4.99. The lowest BCUT2D eigenvalue weighted by molar-refractivity contribution is -0.140. The standard InChI is InChI=1S/C14H15ClN2O3/c1-20-9-4-5-10(15)12(7-9)17-8-13(18)16-6-2-3-11(16)14(17)19/h4-5,7,11H,2-3,6,8H2,1H3. The van der Waals surface area contributed by atoms with E-state index in [9.17, 15) is 9.59 Å². The molecule has 0 radical (unpaired) electrons. The summed E-state index contributed by atoms with van der Waals surface area (Å²) in [5, 5.41) is 0.443. The molecule has 0 saturated carbocycles. The molecule has 2 aliphatic heterocycles. The molecule has 2 aliphatic rings. The van der Waals surface area contributed by atoms with Crippen LogP contribution >= 0.6 is 11.6 Å². The summed E-state index contributed by atoms with van der Waals surface area (Å²) in [5.74, 6) is 0.529. The Balaban J connectivity index is 1.97. The molecule has 1 atom stereocenters. The first-order valence-corrected chi connectivity index (χ1v) is 6.94. The molecule has 2 saturated heterocycles. The lowest BCUT2D eigenvalue weighted by atomic mass is 10.1. The van der Waals surface area contributed by atoms with Gasteiger partial charge in [-0.15, -0.1) is 0 Å². The molecule has 1 unspecified atom stereocenters. The van der Waals surface area contributed by atoms with Crippen LogP contribution in [0.5, 0.6) is 5.75 Å². The fourth-order valence-electron chi connectivity index (χ4n) is 2.84. The van der Waals surface area contributed by atoms with Crippen LogP contribution in [0.3, 0.4) is 0 Å². The monoisotopic (exact) mass is 294 g/mol. The number of fused-ring (bicyclic) bond motifs is 1. The molecule has 0 bridgehead atoms. The van der Waals surface area contributed by atoms with E-state index in [2.05, 4.69) is 0 Å². The zero-order chi connectivity index (χ0) is 14.3. The summed E-state index contributed by atoms with van der Waals surface area (Å²) in [7, 11) is 1.55. The quantitative estimate of drug-likeness (QED) is 0.834. The van der Waals surface area contributed by atoms with Gasteiger partial charge >= 0.3 is 0 Å². The molecule has 106 valence electrons. The van der Waals surface area contributed by atoms with Gasteiger partial charge in [-0.2, -0.15) is 0 Å². The lowest BCUT2D eigenvalue weighted by Gasteiger charge is -2.36. The van der Waals surface area contributed by atoms with Crippen LogP contribution in [0.4, 0.5) is 5.69 Å². The van der Waals surface area contributed by atoms with Crippen LogP contribution in [0.2, 0.25) is 5.02 Å². The van der Waals surface area contributed by atoms with Crippen molar-refractivity contribution >= 4 is 29.1 Å². The average molecular weight is 295 g/mol. The van der Waals surface area contributed by atoms with Gasteiger partial charge in [-0.05, 0) is 25.0 Å². The van der Waals surface area contributed by atoms with Crippen LogP contribution in [0.25, 0.3) is 0 Å². The summed E-state index contributed by atoms with van der Waals surface area (Å²) in [6.45, 7) is 0.719. The van der Waals surface area contributed by atoms with E-state index in [0.717, 1.165) is 12.8 Å². The number of amides is 2. The summed E-state index contributed by atoms with van der Waals surface area (Å²) < 4.78 is 5.16. The van der Waals surface area contributed by atoms with Crippen molar-refractivity contribution in [2.24, 2.45) is 0 Å². The number of nitrogens with zero attached hydrogens (tertiary/aromatic N) is 2. The molecular formula is C14H15ClN2O3. The van der Waals surface area contributed by atoms with Crippen LogP contribution in [0.15, 0.2) is 18.2 Å². The summed E-state index contributed by atoms with van der Waals surface area (Å²) in [6, 6.07) is 4.76. The number of rotatable bonds is 2. The first-order valence-electron chi connectivity index (χ1n) is 6.56. The number of hydrogen-bond donors (Lipinski definition) is 0. The molecule has 0 aliphatic carbocycles. The number of anilines is 1. The van der Waals surface area contributed by atoms with Crippen molar-refractivity contribution in [3.05, 3.63) is 23.2 Å². The Morgan fingerprint density at radius 1 is 1.35 bits per heavy atom. The van der Waals surface area contributed by atoms with Gasteiger partial charge in [0.15, 0.2) is 0 Å². The van der Waals surface area contributed by atoms with Gasteiger partial charge < -0.3 is 9.64 Å². The number of piperazine rings is 1. The normalized spacial score (nSPS) is 22.2. The van der Waals surface area contributed by atoms with E-state index in [-0.39, 0.29) is 24.4 Å². The van der Waals surface area contributed by atoms with Crippen LogP contribution in [0, 0.1) is 0 Å². The van der Waals surface area contributed by atoms with Gasteiger partial charge in [-0.1, -0.05) is 11.6 Å². The number of halogens is 1. The molecule has 0 aromatic heterocycles. The number of benzene rings is 1. The van der Waals surface area contributed by atoms with Crippen LogP contribution < -0.4 is 9.64 Å².